The van der Waals surface area contributed by atoms with Gasteiger partial charge in [-0.2, -0.15) is 0 Å². The summed E-state index contributed by atoms with van der Waals surface area (Å²) in [5, 5.41) is 13.2. The van der Waals surface area contributed by atoms with Crippen molar-refractivity contribution < 1.29 is 19.1 Å². The van der Waals surface area contributed by atoms with Crippen LogP contribution in [-0.2, 0) is 9.59 Å². The summed E-state index contributed by atoms with van der Waals surface area (Å²) in [7, 11) is 1.95. The van der Waals surface area contributed by atoms with Crippen molar-refractivity contribution in [3.05, 3.63) is 35.6 Å². The van der Waals surface area contributed by atoms with Crippen LogP contribution < -0.4 is 5.32 Å². The first-order valence-electron chi connectivity index (χ1n) is 8.66. The van der Waals surface area contributed by atoms with E-state index in [1.807, 2.05) is 7.05 Å². The summed E-state index contributed by atoms with van der Waals surface area (Å²) in [5.74, 6) is -0.789. The zero-order valence-electron chi connectivity index (χ0n) is 14.4. The lowest BCUT2D eigenvalue weighted by Crippen LogP contribution is -2.61. The lowest BCUT2D eigenvalue weighted by molar-refractivity contribution is -0.147. The molecule has 7 heteroatoms. The Hall–Kier alpha value is -1.99. The van der Waals surface area contributed by atoms with Crippen molar-refractivity contribution in [1.82, 2.24) is 15.1 Å². The molecule has 1 aromatic rings. The predicted octanol–water partition coefficient (Wildman–Crippen LogP) is 0.672. The van der Waals surface area contributed by atoms with E-state index in [1.54, 1.807) is 4.90 Å². The molecule has 1 unspecified atom stereocenters. The number of carbonyl (C=O) groups is 2. The number of carbonyl (C=O) groups excluding carboxylic acids is 2. The maximum absolute atomic E-state index is 13.0. The van der Waals surface area contributed by atoms with Crippen LogP contribution in [0.1, 0.15) is 30.9 Å². The molecule has 0 saturated carbocycles. The molecular formula is C18H24FN3O3. The van der Waals surface area contributed by atoms with Crippen LogP contribution in [0.25, 0.3) is 0 Å². The molecular weight excluding hydrogens is 325 g/mol. The van der Waals surface area contributed by atoms with E-state index in [0.717, 1.165) is 13.0 Å². The molecule has 1 spiro atoms. The molecule has 25 heavy (non-hydrogen) atoms. The maximum atomic E-state index is 13.0. The molecule has 0 aliphatic carbocycles. The normalized spacial score (nSPS) is 22.4. The molecule has 1 atom stereocenters. The lowest BCUT2D eigenvalue weighted by atomic mass is 9.84. The molecule has 2 amide bonds. The van der Waals surface area contributed by atoms with Crippen molar-refractivity contribution in [2.75, 3.05) is 33.2 Å². The van der Waals surface area contributed by atoms with Gasteiger partial charge in [-0.05, 0) is 44.0 Å². The van der Waals surface area contributed by atoms with Crippen LogP contribution in [0, 0.1) is 5.82 Å². The minimum absolute atomic E-state index is 0.0266. The zero-order valence-corrected chi connectivity index (χ0v) is 14.4. The van der Waals surface area contributed by atoms with Gasteiger partial charge < -0.3 is 15.3 Å². The third-order valence-electron chi connectivity index (χ3n) is 5.43. The van der Waals surface area contributed by atoms with Crippen LogP contribution >= 0.6 is 0 Å². The van der Waals surface area contributed by atoms with E-state index < -0.39 is 23.4 Å². The van der Waals surface area contributed by atoms with Crippen LogP contribution in [0.2, 0.25) is 0 Å². The van der Waals surface area contributed by atoms with Gasteiger partial charge in [0.1, 0.15) is 11.4 Å². The van der Waals surface area contributed by atoms with Gasteiger partial charge in [-0.1, -0.05) is 12.1 Å². The van der Waals surface area contributed by atoms with E-state index >= 15 is 0 Å². The topological polar surface area (TPSA) is 72.9 Å². The van der Waals surface area contributed by atoms with Crippen molar-refractivity contribution in [2.24, 2.45) is 0 Å². The monoisotopic (exact) mass is 349 g/mol. The van der Waals surface area contributed by atoms with Crippen molar-refractivity contribution in [3.63, 3.8) is 0 Å². The molecule has 6 nitrogen and oxygen atoms in total. The number of likely N-dealkylation sites (tertiary alicyclic amines) is 1. The lowest BCUT2D eigenvalue weighted by Gasteiger charge is -2.45. The van der Waals surface area contributed by atoms with Crippen LogP contribution in [0.5, 0.6) is 0 Å². The Morgan fingerprint density at radius 2 is 1.88 bits per heavy atom. The van der Waals surface area contributed by atoms with Crippen LogP contribution in [0.4, 0.5) is 4.39 Å². The summed E-state index contributed by atoms with van der Waals surface area (Å²) in [4.78, 5) is 28.8. The number of halogens is 1. The first kappa shape index (κ1) is 17.8. The zero-order chi connectivity index (χ0) is 18.0. The average Bonchev–Trinajstić information content (AvgIpc) is 2.76. The van der Waals surface area contributed by atoms with E-state index in [0.29, 0.717) is 38.0 Å². The van der Waals surface area contributed by atoms with Crippen LogP contribution in [0.15, 0.2) is 24.3 Å². The minimum atomic E-state index is -1.31. The number of hydrogen-bond acceptors (Lipinski definition) is 4. The Morgan fingerprint density at radius 3 is 2.52 bits per heavy atom. The second kappa shape index (κ2) is 7.09. The summed E-state index contributed by atoms with van der Waals surface area (Å²) >= 11 is 0. The molecule has 3 rings (SSSR count). The van der Waals surface area contributed by atoms with Gasteiger partial charge in [-0.25, -0.2) is 4.39 Å². The molecule has 2 aliphatic rings. The summed E-state index contributed by atoms with van der Waals surface area (Å²) < 4.78 is 13.0. The highest BCUT2D eigenvalue weighted by Crippen LogP contribution is 2.31. The number of aliphatic hydroxyl groups is 1. The van der Waals surface area contributed by atoms with Gasteiger partial charge in [-0.3, -0.25) is 14.5 Å². The van der Waals surface area contributed by atoms with Gasteiger partial charge in [0, 0.05) is 26.2 Å². The first-order chi connectivity index (χ1) is 11.9. The number of amides is 2. The van der Waals surface area contributed by atoms with Crippen molar-refractivity contribution in [1.29, 1.82) is 0 Å². The van der Waals surface area contributed by atoms with E-state index in [9.17, 15) is 19.1 Å². The number of likely N-dealkylation sites (N-methyl/N-ethyl adjacent to an activating group) is 1. The number of benzene rings is 1. The summed E-state index contributed by atoms with van der Waals surface area (Å²) in [5.41, 5.74) is -0.204. The Bertz CT molecular complexity index is 641. The number of rotatable bonds is 2. The quantitative estimate of drug-likeness (QED) is 0.823. The molecule has 1 aromatic carbocycles. The molecule has 0 aromatic heterocycles. The summed E-state index contributed by atoms with van der Waals surface area (Å²) in [6, 6.07) is 5.27. The van der Waals surface area contributed by atoms with Gasteiger partial charge in [0.05, 0.1) is 0 Å². The number of nitrogens with zero attached hydrogens (tertiary/aromatic N) is 2. The van der Waals surface area contributed by atoms with Crippen molar-refractivity contribution in [3.8, 4) is 0 Å². The van der Waals surface area contributed by atoms with Crippen molar-refractivity contribution >= 4 is 11.8 Å². The Labute approximate surface area is 146 Å². The molecule has 2 saturated heterocycles. The van der Waals surface area contributed by atoms with E-state index in [-0.39, 0.29) is 5.91 Å². The molecule has 2 heterocycles. The third kappa shape index (κ3) is 3.39. The second-order valence-electron chi connectivity index (χ2n) is 6.84. The fraction of sp³-hybridized carbons (Fsp3) is 0.556. The highest BCUT2D eigenvalue weighted by Gasteiger charge is 2.46. The fourth-order valence-electron chi connectivity index (χ4n) is 3.74. The Balaban J connectivity index is 1.67. The first-order valence-corrected chi connectivity index (χ1v) is 8.66. The van der Waals surface area contributed by atoms with E-state index in [2.05, 4.69) is 10.2 Å². The molecule has 0 bridgehead atoms. The van der Waals surface area contributed by atoms with E-state index in [4.69, 9.17) is 0 Å². The minimum Gasteiger partial charge on any atom is -0.378 e. The van der Waals surface area contributed by atoms with E-state index in [1.165, 1.54) is 24.3 Å². The number of aliphatic hydroxyl groups excluding tert-OH is 1. The third-order valence-corrected chi connectivity index (χ3v) is 5.43. The summed E-state index contributed by atoms with van der Waals surface area (Å²) in [6.45, 7) is 2.34. The standard InChI is InChI=1S/C18H24FN3O3/c1-21-10-2-9-20-17(25)18(21)7-11-22(12-8-18)16(24)15(23)13-3-5-14(19)6-4-13/h3-6,15,23H,2,7-12H2,1H3,(H,20,25). The van der Waals surface area contributed by atoms with Gasteiger partial charge in [0.25, 0.3) is 5.91 Å². The van der Waals surface area contributed by atoms with Crippen LogP contribution in [0.3, 0.4) is 0 Å². The number of piperidine rings is 1. The second-order valence-corrected chi connectivity index (χ2v) is 6.84. The molecule has 2 aliphatic heterocycles. The Morgan fingerprint density at radius 1 is 1.24 bits per heavy atom. The largest absolute Gasteiger partial charge is 0.378 e. The Kier molecular flexibility index (Phi) is 5.06. The molecule has 136 valence electrons. The fourth-order valence-corrected chi connectivity index (χ4v) is 3.74. The predicted molar refractivity (Wildman–Crippen MR) is 90.2 cm³/mol. The van der Waals surface area contributed by atoms with Gasteiger partial charge in [0.15, 0.2) is 6.10 Å². The molecule has 2 N–H and O–H groups in total. The number of nitrogens with one attached hydrogen (secondary N) is 1. The van der Waals surface area contributed by atoms with Gasteiger partial charge >= 0.3 is 0 Å². The maximum Gasteiger partial charge on any atom is 0.256 e. The molecule has 0 radical (unpaired) electrons. The number of hydrogen-bond donors (Lipinski definition) is 2. The summed E-state index contributed by atoms with van der Waals surface area (Å²) in [6.07, 6.45) is 0.681. The molecule has 2 fully saturated rings. The van der Waals surface area contributed by atoms with Crippen LogP contribution in [-0.4, -0.2) is 65.5 Å². The SMILES string of the molecule is CN1CCCNC(=O)C12CCN(C(=O)C(O)c1ccc(F)cc1)CC2. The van der Waals surface area contributed by atoms with Gasteiger partial charge in [0.2, 0.25) is 5.91 Å². The van der Waals surface area contributed by atoms with Crippen molar-refractivity contribution in [2.45, 2.75) is 30.9 Å². The smallest absolute Gasteiger partial charge is 0.256 e. The van der Waals surface area contributed by atoms with Gasteiger partial charge in [-0.15, -0.1) is 0 Å². The highest BCUT2D eigenvalue weighted by molar-refractivity contribution is 5.87. The highest BCUT2D eigenvalue weighted by atomic mass is 19.1. The average molecular weight is 349 g/mol.